The molecule has 2 N–H and O–H groups in total. The molecule has 0 radical (unpaired) electrons. The number of benzene rings is 1. The summed E-state index contributed by atoms with van der Waals surface area (Å²) in [6, 6.07) is 7.58. The maximum absolute atomic E-state index is 12.1. The largest absolute Gasteiger partial charge is 0.337 e. The van der Waals surface area contributed by atoms with Crippen LogP contribution in [0.25, 0.3) is 0 Å². The van der Waals surface area contributed by atoms with Gasteiger partial charge < -0.3 is 10.6 Å². The van der Waals surface area contributed by atoms with E-state index in [-0.39, 0.29) is 5.91 Å². The van der Waals surface area contributed by atoms with E-state index in [1.165, 1.54) is 0 Å². The van der Waals surface area contributed by atoms with E-state index >= 15 is 0 Å². The summed E-state index contributed by atoms with van der Waals surface area (Å²) in [5, 5.41) is 0. The first-order valence-electron chi connectivity index (χ1n) is 5.47. The van der Waals surface area contributed by atoms with Crippen molar-refractivity contribution in [1.29, 1.82) is 0 Å². The highest BCUT2D eigenvalue weighted by atomic mass is 32.2. The minimum absolute atomic E-state index is 0.142. The molecule has 0 aliphatic carbocycles. The molecule has 4 heteroatoms. The smallest absolute Gasteiger partial charge is 0.253 e. The van der Waals surface area contributed by atoms with E-state index in [9.17, 15) is 4.79 Å². The van der Waals surface area contributed by atoms with Gasteiger partial charge in [-0.1, -0.05) is 12.1 Å². The lowest BCUT2D eigenvalue weighted by molar-refractivity contribution is 0.0772. The molecule has 0 spiro atoms. The van der Waals surface area contributed by atoms with Gasteiger partial charge in [-0.3, -0.25) is 4.79 Å². The molecular weight excluding hydrogens is 220 g/mol. The van der Waals surface area contributed by atoms with Crippen LogP contribution < -0.4 is 5.73 Å². The molecule has 0 atom stereocenters. The number of hydrogen-bond acceptors (Lipinski definition) is 3. The highest BCUT2D eigenvalue weighted by Gasteiger charge is 2.17. The summed E-state index contributed by atoms with van der Waals surface area (Å²) in [5.74, 6) is 2.24. The van der Waals surface area contributed by atoms with Crippen molar-refractivity contribution >= 4 is 17.7 Å². The van der Waals surface area contributed by atoms with Gasteiger partial charge in [0.1, 0.15) is 0 Å². The summed E-state index contributed by atoms with van der Waals surface area (Å²) in [7, 11) is 0. The van der Waals surface area contributed by atoms with E-state index in [4.69, 9.17) is 5.73 Å². The highest BCUT2D eigenvalue weighted by molar-refractivity contribution is 7.99. The van der Waals surface area contributed by atoms with Crippen LogP contribution in [-0.2, 0) is 6.54 Å². The Morgan fingerprint density at radius 1 is 1.25 bits per heavy atom. The predicted octanol–water partition coefficient (Wildman–Crippen LogP) is 1.33. The highest BCUT2D eigenvalue weighted by Crippen LogP contribution is 2.13. The minimum atomic E-state index is 0.142. The average molecular weight is 236 g/mol. The molecule has 3 nitrogen and oxygen atoms in total. The van der Waals surface area contributed by atoms with Crippen molar-refractivity contribution in [3.63, 3.8) is 0 Å². The number of nitrogens with two attached hydrogens (primary N) is 1. The fourth-order valence-corrected chi connectivity index (χ4v) is 2.64. The van der Waals surface area contributed by atoms with Gasteiger partial charge >= 0.3 is 0 Å². The van der Waals surface area contributed by atoms with E-state index in [1.807, 2.05) is 40.9 Å². The zero-order chi connectivity index (χ0) is 11.4. The van der Waals surface area contributed by atoms with Crippen molar-refractivity contribution in [2.24, 2.45) is 5.73 Å². The average Bonchev–Trinajstić information content (AvgIpc) is 2.39. The lowest BCUT2D eigenvalue weighted by Crippen LogP contribution is -2.37. The molecule has 0 bridgehead atoms. The topological polar surface area (TPSA) is 46.3 Å². The number of rotatable bonds is 2. The summed E-state index contributed by atoms with van der Waals surface area (Å²) in [5.41, 5.74) is 7.35. The zero-order valence-electron chi connectivity index (χ0n) is 9.19. The van der Waals surface area contributed by atoms with Crippen LogP contribution in [0.2, 0.25) is 0 Å². The Labute approximate surface area is 100.0 Å². The zero-order valence-corrected chi connectivity index (χ0v) is 10.0. The van der Waals surface area contributed by atoms with Crippen LogP contribution in [0.3, 0.4) is 0 Å². The summed E-state index contributed by atoms with van der Waals surface area (Å²) >= 11 is 1.91. The van der Waals surface area contributed by atoms with Gasteiger partial charge in [-0.15, -0.1) is 0 Å². The van der Waals surface area contributed by atoms with E-state index in [1.54, 1.807) is 0 Å². The number of carbonyl (C=O) groups is 1. The molecule has 1 saturated heterocycles. The lowest BCUT2D eigenvalue weighted by atomic mass is 10.1. The normalized spacial score (nSPS) is 16.2. The van der Waals surface area contributed by atoms with Crippen molar-refractivity contribution in [3.8, 4) is 0 Å². The molecule has 0 saturated carbocycles. The predicted molar refractivity (Wildman–Crippen MR) is 67.6 cm³/mol. The first-order chi connectivity index (χ1) is 7.81. The third-order valence-electron chi connectivity index (χ3n) is 2.73. The first-order valence-corrected chi connectivity index (χ1v) is 6.63. The standard InChI is InChI=1S/C12H16N2OS/c13-9-10-1-3-11(4-2-10)12(15)14-5-7-16-8-6-14/h1-4H,5-9,13H2. The van der Waals surface area contributed by atoms with Crippen molar-refractivity contribution in [3.05, 3.63) is 35.4 Å². The Bertz CT molecular complexity index is 358. The Morgan fingerprint density at radius 3 is 2.44 bits per heavy atom. The van der Waals surface area contributed by atoms with Crippen LogP contribution in [0.4, 0.5) is 0 Å². The van der Waals surface area contributed by atoms with Crippen molar-refractivity contribution in [2.45, 2.75) is 6.54 Å². The Hall–Kier alpha value is -1.00. The first kappa shape index (κ1) is 11.5. The van der Waals surface area contributed by atoms with Gasteiger partial charge in [0.05, 0.1) is 0 Å². The summed E-state index contributed by atoms with van der Waals surface area (Å²) < 4.78 is 0. The fraction of sp³-hybridized carbons (Fsp3) is 0.417. The van der Waals surface area contributed by atoms with Gasteiger partial charge in [0.15, 0.2) is 0 Å². The van der Waals surface area contributed by atoms with E-state index in [2.05, 4.69) is 0 Å². The lowest BCUT2D eigenvalue weighted by Gasteiger charge is -2.26. The summed E-state index contributed by atoms with van der Waals surface area (Å²) in [6.07, 6.45) is 0. The second kappa shape index (κ2) is 5.37. The monoisotopic (exact) mass is 236 g/mol. The number of amides is 1. The van der Waals surface area contributed by atoms with E-state index in [0.29, 0.717) is 6.54 Å². The third kappa shape index (κ3) is 2.57. The SMILES string of the molecule is NCc1ccc(C(=O)N2CCSCC2)cc1. The Morgan fingerprint density at radius 2 is 1.88 bits per heavy atom. The number of carbonyl (C=O) groups excluding carboxylic acids is 1. The van der Waals surface area contributed by atoms with Crippen molar-refractivity contribution in [2.75, 3.05) is 24.6 Å². The number of hydrogen-bond donors (Lipinski definition) is 1. The second-order valence-corrected chi connectivity index (χ2v) is 5.03. The van der Waals surface area contributed by atoms with Gasteiger partial charge in [0, 0.05) is 36.7 Å². The molecule has 2 rings (SSSR count). The van der Waals surface area contributed by atoms with E-state index < -0.39 is 0 Å². The molecule has 1 aromatic rings. The maximum Gasteiger partial charge on any atom is 0.253 e. The van der Waals surface area contributed by atoms with Crippen molar-refractivity contribution < 1.29 is 4.79 Å². The Kier molecular flexibility index (Phi) is 3.85. The molecule has 1 heterocycles. The van der Waals surface area contributed by atoms with Gasteiger partial charge in [-0.25, -0.2) is 0 Å². The molecule has 1 aliphatic rings. The van der Waals surface area contributed by atoms with Gasteiger partial charge in [-0.05, 0) is 17.7 Å². The molecule has 1 amide bonds. The molecular formula is C12H16N2OS. The van der Waals surface area contributed by atoms with Crippen LogP contribution in [0.5, 0.6) is 0 Å². The molecule has 86 valence electrons. The fourth-order valence-electron chi connectivity index (χ4n) is 1.73. The summed E-state index contributed by atoms with van der Waals surface area (Å²) in [4.78, 5) is 14.0. The molecule has 0 unspecified atom stereocenters. The number of thioether (sulfide) groups is 1. The maximum atomic E-state index is 12.1. The molecule has 1 aliphatic heterocycles. The quantitative estimate of drug-likeness (QED) is 0.842. The van der Waals surface area contributed by atoms with Crippen LogP contribution >= 0.6 is 11.8 Å². The van der Waals surface area contributed by atoms with Crippen LogP contribution in [0.1, 0.15) is 15.9 Å². The van der Waals surface area contributed by atoms with E-state index in [0.717, 1.165) is 35.7 Å². The Balaban J connectivity index is 2.07. The van der Waals surface area contributed by atoms with Gasteiger partial charge in [0.2, 0.25) is 0 Å². The molecule has 16 heavy (non-hydrogen) atoms. The molecule has 1 fully saturated rings. The van der Waals surface area contributed by atoms with Gasteiger partial charge in [0.25, 0.3) is 5.91 Å². The third-order valence-corrected chi connectivity index (χ3v) is 3.68. The van der Waals surface area contributed by atoms with Crippen molar-refractivity contribution in [1.82, 2.24) is 4.90 Å². The van der Waals surface area contributed by atoms with Crippen LogP contribution in [-0.4, -0.2) is 35.4 Å². The molecule has 1 aromatic carbocycles. The second-order valence-electron chi connectivity index (χ2n) is 3.81. The van der Waals surface area contributed by atoms with Crippen LogP contribution in [0.15, 0.2) is 24.3 Å². The molecule has 0 aromatic heterocycles. The number of nitrogens with zero attached hydrogens (tertiary/aromatic N) is 1. The minimum Gasteiger partial charge on any atom is -0.337 e. The van der Waals surface area contributed by atoms with Crippen LogP contribution in [0, 0.1) is 0 Å². The summed E-state index contributed by atoms with van der Waals surface area (Å²) in [6.45, 7) is 2.25. The van der Waals surface area contributed by atoms with Gasteiger partial charge in [-0.2, -0.15) is 11.8 Å².